The van der Waals surface area contributed by atoms with E-state index in [1.807, 2.05) is 13.8 Å². The van der Waals surface area contributed by atoms with Crippen LogP contribution in [0, 0.1) is 5.92 Å². The van der Waals surface area contributed by atoms with Crippen LogP contribution in [0.25, 0.3) is 0 Å². The molecule has 2 N–H and O–H groups in total. The van der Waals surface area contributed by atoms with Crippen molar-refractivity contribution in [2.75, 3.05) is 0 Å². The summed E-state index contributed by atoms with van der Waals surface area (Å²) in [6.07, 6.45) is 9.08. The number of hydrogen-bond acceptors (Lipinski definition) is 2. The Morgan fingerprint density at radius 2 is 1.56 bits per heavy atom. The molecule has 1 fully saturated rings. The zero-order valence-corrected chi connectivity index (χ0v) is 11.5. The van der Waals surface area contributed by atoms with Gasteiger partial charge in [-0.3, -0.25) is 0 Å². The third-order valence-electron chi connectivity index (χ3n) is 2.89. The summed E-state index contributed by atoms with van der Waals surface area (Å²) in [7, 11) is 0. The van der Waals surface area contributed by atoms with Crippen LogP contribution < -0.4 is 0 Å². The van der Waals surface area contributed by atoms with Gasteiger partial charge in [-0.05, 0) is 46.5 Å². The van der Waals surface area contributed by atoms with Crippen molar-refractivity contribution in [2.24, 2.45) is 5.92 Å². The predicted molar refractivity (Wildman–Crippen MR) is 69.5 cm³/mol. The molecule has 0 amide bonds. The molecule has 2 heteroatoms. The SMILES string of the molecule is CC(C)(O)CCC1CCCCC1.CC(C)O. The van der Waals surface area contributed by atoms with E-state index in [0.717, 1.165) is 12.3 Å². The molecular formula is C14H30O2. The molecule has 1 aliphatic rings. The van der Waals surface area contributed by atoms with E-state index in [1.165, 1.54) is 38.5 Å². The first-order valence-corrected chi connectivity index (χ1v) is 6.71. The first kappa shape index (κ1) is 15.9. The van der Waals surface area contributed by atoms with E-state index in [-0.39, 0.29) is 6.10 Å². The third kappa shape index (κ3) is 12.0. The van der Waals surface area contributed by atoms with Gasteiger partial charge >= 0.3 is 0 Å². The van der Waals surface area contributed by atoms with Crippen LogP contribution in [-0.4, -0.2) is 21.9 Å². The third-order valence-corrected chi connectivity index (χ3v) is 2.89. The Balaban J connectivity index is 0.000000487. The molecule has 0 atom stereocenters. The summed E-state index contributed by atoms with van der Waals surface area (Å²) in [4.78, 5) is 0. The number of aliphatic hydroxyl groups is 2. The minimum Gasteiger partial charge on any atom is -0.394 e. The lowest BCUT2D eigenvalue weighted by atomic mass is 9.84. The van der Waals surface area contributed by atoms with Crippen molar-refractivity contribution in [1.29, 1.82) is 0 Å². The topological polar surface area (TPSA) is 40.5 Å². The van der Waals surface area contributed by atoms with Crippen LogP contribution in [0.3, 0.4) is 0 Å². The Morgan fingerprint density at radius 3 is 1.94 bits per heavy atom. The fourth-order valence-corrected chi connectivity index (χ4v) is 2.03. The highest BCUT2D eigenvalue weighted by molar-refractivity contribution is 4.71. The monoisotopic (exact) mass is 230 g/mol. The summed E-state index contributed by atoms with van der Waals surface area (Å²) < 4.78 is 0. The molecule has 0 saturated heterocycles. The first-order valence-electron chi connectivity index (χ1n) is 6.71. The molecule has 0 aromatic heterocycles. The molecule has 1 rings (SSSR count). The van der Waals surface area contributed by atoms with Crippen LogP contribution in [0.15, 0.2) is 0 Å². The number of rotatable bonds is 3. The maximum absolute atomic E-state index is 9.55. The quantitative estimate of drug-likeness (QED) is 0.779. The van der Waals surface area contributed by atoms with Crippen molar-refractivity contribution in [1.82, 2.24) is 0 Å². The van der Waals surface area contributed by atoms with Gasteiger partial charge in [0.25, 0.3) is 0 Å². The predicted octanol–water partition coefficient (Wildman–Crippen LogP) is 3.50. The molecule has 0 aromatic rings. The summed E-state index contributed by atoms with van der Waals surface area (Å²) in [5.41, 5.74) is -0.447. The summed E-state index contributed by atoms with van der Waals surface area (Å²) in [5, 5.41) is 17.6. The van der Waals surface area contributed by atoms with E-state index in [2.05, 4.69) is 0 Å². The Morgan fingerprint density at radius 1 is 1.12 bits per heavy atom. The van der Waals surface area contributed by atoms with Crippen molar-refractivity contribution in [3.8, 4) is 0 Å². The van der Waals surface area contributed by atoms with Crippen LogP contribution in [-0.2, 0) is 0 Å². The summed E-state index contributed by atoms with van der Waals surface area (Å²) in [6, 6.07) is 0. The lowest BCUT2D eigenvalue weighted by molar-refractivity contribution is 0.0612. The van der Waals surface area contributed by atoms with Gasteiger partial charge in [0.15, 0.2) is 0 Å². The van der Waals surface area contributed by atoms with Crippen molar-refractivity contribution >= 4 is 0 Å². The minimum atomic E-state index is -0.447. The molecule has 2 nitrogen and oxygen atoms in total. The van der Waals surface area contributed by atoms with E-state index >= 15 is 0 Å². The Bertz CT molecular complexity index is 150. The van der Waals surface area contributed by atoms with Gasteiger partial charge in [0.05, 0.1) is 5.60 Å². The highest BCUT2D eigenvalue weighted by Gasteiger charge is 2.18. The second-order valence-corrected chi connectivity index (χ2v) is 5.95. The average Bonchev–Trinajstić information content (AvgIpc) is 2.14. The first-order chi connectivity index (χ1) is 7.31. The van der Waals surface area contributed by atoms with Crippen LogP contribution in [0.5, 0.6) is 0 Å². The molecule has 0 spiro atoms. The highest BCUT2D eigenvalue weighted by Crippen LogP contribution is 2.29. The van der Waals surface area contributed by atoms with Gasteiger partial charge in [0, 0.05) is 6.10 Å². The molecule has 1 aliphatic carbocycles. The molecule has 0 aromatic carbocycles. The van der Waals surface area contributed by atoms with E-state index in [4.69, 9.17) is 5.11 Å². The summed E-state index contributed by atoms with van der Waals surface area (Å²) in [6.45, 7) is 7.27. The number of hydrogen-bond donors (Lipinski definition) is 2. The van der Waals surface area contributed by atoms with Gasteiger partial charge < -0.3 is 10.2 Å². The van der Waals surface area contributed by atoms with E-state index in [9.17, 15) is 5.11 Å². The summed E-state index contributed by atoms with van der Waals surface area (Å²) in [5.74, 6) is 0.908. The Labute approximate surface area is 101 Å². The zero-order valence-electron chi connectivity index (χ0n) is 11.5. The van der Waals surface area contributed by atoms with Crippen molar-refractivity contribution in [3.63, 3.8) is 0 Å². The molecule has 0 bridgehead atoms. The van der Waals surface area contributed by atoms with Gasteiger partial charge in [-0.15, -0.1) is 0 Å². The van der Waals surface area contributed by atoms with Gasteiger partial charge in [-0.1, -0.05) is 32.1 Å². The number of aliphatic hydroxyl groups excluding tert-OH is 1. The van der Waals surface area contributed by atoms with E-state index < -0.39 is 5.60 Å². The fraction of sp³-hybridized carbons (Fsp3) is 1.00. The van der Waals surface area contributed by atoms with Crippen LogP contribution >= 0.6 is 0 Å². The molecule has 0 radical (unpaired) electrons. The largest absolute Gasteiger partial charge is 0.394 e. The Hall–Kier alpha value is -0.0800. The second kappa shape index (κ2) is 8.08. The van der Waals surface area contributed by atoms with Gasteiger partial charge in [-0.25, -0.2) is 0 Å². The Kier molecular flexibility index (Phi) is 8.04. The molecule has 0 unspecified atom stereocenters. The molecular weight excluding hydrogens is 200 g/mol. The van der Waals surface area contributed by atoms with Gasteiger partial charge in [0.2, 0.25) is 0 Å². The maximum Gasteiger partial charge on any atom is 0.0591 e. The smallest absolute Gasteiger partial charge is 0.0591 e. The van der Waals surface area contributed by atoms with Crippen LogP contribution in [0.2, 0.25) is 0 Å². The average molecular weight is 230 g/mol. The molecule has 98 valence electrons. The van der Waals surface area contributed by atoms with Crippen LogP contribution in [0.1, 0.15) is 72.6 Å². The second-order valence-electron chi connectivity index (χ2n) is 5.95. The van der Waals surface area contributed by atoms with E-state index in [1.54, 1.807) is 13.8 Å². The van der Waals surface area contributed by atoms with Crippen molar-refractivity contribution in [3.05, 3.63) is 0 Å². The van der Waals surface area contributed by atoms with Gasteiger partial charge in [0.1, 0.15) is 0 Å². The fourth-order valence-electron chi connectivity index (χ4n) is 2.03. The lowest BCUT2D eigenvalue weighted by Gasteiger charge is -2.25. The highest BCUT2D eigenvalue weighted by atomic mass is 16.3. The van der Waals surface area contributed by atoms with Gasteiger partial charge in [-0.2, -0.15) is 0 Å². The zero-order chi connectivity index (χ0) is 12.6. The molecule has 1 saturated carbocycles. The summed E-state index contributed by atoms with van der Waals surface area (Å²) >= 11 is 0. The van der Waals surface area contributed by atoms with Crippen molar-refractivity contribution in [2.45, 2.75) is 84.3 Å². The van der Waals surface area contributed by atoms with Crippen molar-refractivity contribution < 1.29 is 10.2 Å². The standard InChI is InChI=1S/C11H22O.C3H8O/c1-11(2,12)9-8-10-6-4-3-5-7-10;1-3(2)4/h10,12H,3-9H2,1-2H3;3-4H,1-2H3. The lowest BCUT2D eigenvalue weighted by Crippen LogP contribution is -2.20. The molecule has 0 heterocycles. The normalized spacial score (nSPS) is 18.2. The molecule has 16 heavy (non-hydrogen) atoms. The molecule has 0 aliphatic heterocycles. The van der Waals surface area contributed by atoms with E-state index in [0.29, 0.717) is 0 Å². The van der Waals surface area contributed by atoms with Crippen LogP contribution in [0.4, 0.5) is 0 Å². The maximum atomic E-state index is 9.55. The minimum absolute atomic E-state index is 0.167.